The molecular weight excluding hydrogens is 260 g/mol. The monoisotopic (exact) mass is 294 g/mol. The van der Waals surface area contributed by atoms with Gasteiger partial charge in [0.1, 0.15) is 0 Å². The topological polar surface area (TPSA) is 24.5 Å². The van der Waals surface area contributed by atoms with Crippen molar-refractivity contribution in [3.63, 3.8) is 0 Å². The van der Waals surface area contributed by atoms with E-state index in [1.807, 2.05) is 0 Å². The molecule has 0 aromatic heterocycles. The van der Waals surface area contributed by atoms with E-state index in [-0.39, 0.29) is 0 Å². The Bertz CT molecular complexity index is 300. The fourth-order valence-corrected chi connectivity index (χ4v) is 4.42. The minimum Gasteiger partial charge on any atom is -0.382 e. The molecular formula is C18H34N2O. The first-order chi connectivity index (χ1) is 10.4. The molecule has 1 saturated heterocycles. The van der Waals surface area contributed by atoms with Crippen LogP contribution in [0.2, 0.25) is 0 Å². The lowest BCUT2D eigenvalue weighted by atomic mass is 9.82. The smallest absolute Gasteiger partial charge is 0.0478 e. The van der Waals surface area contributed by atoms with Gasteiger partial charge in [0.25, 0.3) is 0 Å². The molecule has 0 aromatic carbocycles. The predicted molar refractivity (Wildman–Crippen MR) is 87.6 cm³/mol. The van der Waals surface area contributed by atoms with Crippen molar-refractivity contribution in [3.8, 4) is 0 Å². The number of hydrogen-bond donors (Lipinski definition) is 1. The summed E-state index contributed by atoms with van der Waals surface area (Å²) in [4.78, 5) is 2.81. The highest BCUT2D eigenvalue weighted by Crippen LogP contribution is 2.37. The molecule has 2 atom stereocenters. The first-order valence-corrected chi connectivity index (χ1v) is 9.43. The molecule has 3 fully saturated rings. The van der Waals surface area contributed by atoms with Crippen molar-refractivity contribution in [1.29, 1.82) is 0 Å². The maximum Gasteiger partial charge on any atom is 0.0478 e. The van der Waals surface area contributed by atoms with Gasteiger partial charge in [0.05, 0.1) is 0 Å². The Labute approximate surface area is 130 Å². The summed E-state index contributed by atoms with van der Waals surface area (Å²) in [6, 6.07) is 1.57. The molecule has 0 radical (unpaired) electrons. The van der Waals surface area contributed by atoms with Crippen LogP contribution < -0.4 is 5.32 Å². The second-order valence-electron chi connectivity index (χ2n) is 7.36. The lowest BCUT2D eigenvalue weighted by Gasteiger charge is -2.44. The standard InChI is InChI=1S/C18H34N2O/c1-2-21-12-6-11-20-14-17(15-7-4-3-5-8-15)19-13-18(20)16-9-10-16/h15-19H,2-14H2,1H3. The maximum atomic E-state index is 5.54. The third kappa shape index (κ3) is 4.43. The van der Waals surface area contributed by atoms with Crippen LogP contribution in [-0.2, 0) is 4.74 Å². The van der Waals surface area contributed by atoms with Gasteiger partial charge in [0.15, 0.2) is 0 Å². The molecule has 1 aliphatic heterocycles. The third-order valence-electron chi connectivity index (χ3n) is 5.81. The lowest BCUT2D eigenvalue weighted by molar-refractivity contribution is 0.0693. The average Bonchev–Trinajstić information content (AvgIpc) is 3.37. The van der Waals surface area contributed by atoms with E-state index in [9.17, 15) is 0 Å². The van der Waals surface area contributed by atoms with Crippen molar-refractivity contribution < 1.29 is 4.74 Å². The molecule has 2 unspecified atom stereocenters. The SMILES string of the molecule is CCOCCCN1CC(C2CCCCC2)NCC1C1CC1. The molecule has 3 rings (SSSR count). The molecule has 0 spiro atoms. The van der Waals surface area contributed by atoms with Gasteiger partial charge in [0.2, 0.25) is 0 Å². The first kappa shape index (κ1) is 15.8. The summed E-state index contributed by atoms with van der Waals surface area (Å²) in [5, 5.41) is 3.92. The number of piperazine rings is 1. The van der Waals surface area contributed by atoms with E-state index in [2.05, 4.69) is 17.1 Å². The molecule has 1 N–H and O–H groups in total. The maximum absolute atomic E-state index is 5.54. The Morgan fingerprint density at radius 2 is 1.86 bits per heavy atom. The van der Waals surface area contributed by atoms with Crippen LogP contribution in [0.15, 0.2) is 0 Å². The summed E-state index contributed by atoms with van der Waals surface area (Å²) in [6.07, 6.45) is 11.4. The molecule has 21 heavy (non-hydrogen) atoms. The molecule has 2 aliphatic carbocycles. The molecule has 2 saturated carbocycles. The minimum atomic E-state index is 0.757. The van der Waals surface area contributed by atoms with Crippen molar-refractivity contribution in [1.82, 2.24) is 10.2 Å². The number of hydrogen-bond acceptors (Lipinski definition) is 3. The first-order valence-electron chi connectivity index (χ1n) is 9.43. The quantitative estimate of drug-likeness (QED) is 0.730. The Hall–Kier alpha value is -0.120. The van der Waals surface area contributed by atoms with Gasteiger partial charge in [-0.05, 0) is 50.9 Å². The molecule has 1 heterocycles. The predicted octanol–water partition coefficient (Wildman–Crippen LogP) is 3.05. The van der Waals surface area contributed by atoms with E-state index in [4.69, 9.17) is 4.74 Å². The van der Waals surface area contributed by atoms with Crippen LogP contribution in [-0.4, -0.2) is 49.8 Å². The summed E-state index contributed by atoms with van der Waals surface area (Å²) in [5.74, 6) is 1.92. The fourth-order valence-electron chi connectivity index (χ4n) is 4.42. The minimum absolute atomic E-state index is 0.757. The number of rotatable bonds is 7. The molecule has 0 amide bonds. The molecule has 0 bridgehead atoms. The summed E-state index contributed by atoms with van der Waals surface area (Å²) >= 11 is 0. The zero-order chi connectivity index (χ0) is 14.5. The Morgan fingerprint density at radius 3 is 2.57 bits per heavy atom. The van der Waals surface area contributed by atoms with Crippen LogP contribution in [0, 0.1) is 11.8 Å². The highest BCUT2D eigenvalue weighted by molar-refractivity contribution is 4.96. The van der Waals surface area contributed by atoms with E-state index in [1.54, 1.807) is 0 Å². The molecule has 0 aromatic rings. The van der Waals surface area contributed by atoms with E-state index < -0.39 is 0 Å². The Balaban J connectivity index is 1.50. The van der Waals surface area contributed by atoms with Crippen LogP contribution in [0.25, 0.3) is 0 Å². The van der Waals surface area contributed by atoms with Crippen LogP contribution >= 0.6 is 0 Å². The summed E-state index contributed by atoms with van der Waals surface area (Å²) in [7, 11) is 0. The van der Waals surface area contributed by atoms with E-state index in [0.29, 0.717) is 0 Å². The van der Waals surface area contributed by atoms with Crippen LogP contribution in [0.5, 0.6) is 0 Å². The van der Waals surface area contributed by atoms with Gasteiger partial charge in [0, 0.05) is 44.9 Å². The van der Waals surface area contributed by atoms with E-state index in [1.165, 1.54) is 71.0 Å². The van der Waals surface area contributed by atoms with Crippen LogP contribution in [0.1, 0.15) is 58.3 Å². The van der Waals surface area contributed by atoms with Gasteiger partial charge in [-0.1, -0.05) is 19.3 Å². The highest BCUT2D eigenvalue weighted by atomic mass is 16.5. The second kappa shape index (κ2) is 7.94. The zero-order valence-electron chi connectivity index (χ0n) is 13.9. The molecule has 122 valence electrons. The van der Waals surface area contributed by atoms with Crippen molar-refractivity contribution in [2.75, 3.05) is 32.8 Å². The van der Waals surface area contributed by atoms with Crippen LogP contribution in [0.3, 0.4) is 0 Å². The largest absolute Gasteiger partial charge is 0.382 e. The van der Waals surface area contributed by atoms with Crippen molar-refractivity contribution in [2.45, 2.75) is 70.4 Å². The van der Waals surface area contributed by atoms with Gasteiger partial charge >= 0.3 is 0 Å². The lowest BCUT2D eigenvalue weighted by Crippen LogP contribution is -2.59. The third-order valence-corrected chi connectivity index (χ3v) is 5.81. The van der Waals surface area contributed by atoms with Gasteiger partial charge < -0.3 is 10.1 Å². The summed E-state index contributed by atoms with van der Waals surface area (Å²) < 4.78 is 5.54. The van der Waals surface area contributed by atoms with E-state index >= 15 is 0 Å². The average molecular weight is 294 g/mol. The Kier molecular flexibility index (Phi) is 5.96. The van der Waals surface area contributed by atoms with Gasteiger partial charge in [-0.15, -0.1) is 0 Å². The zero-order valence-corrected chi connectivity index (χ0v) is 13.9. The molecule has 3 nitrogen and oxygen atoms in total. The van der Waals surface area contributed by atoms with Crippen molar-refractivity contribution >= 4 is 0 Å². The Morgan fingerprint density at radius 1 is 1.05 bits per heavy atom. The van der Waals surface area contributed by atoms with E-state index in [0.717, 1.165) is 37.1 Å². The number of nitrogens with zero attached hydrogens (tertiary/aromatic N) is 1. The van der Waals surface area contributed by atoms with Gasteiger partial charge in [-0.25, -0.2) is 0 Å². The van der Waals surface area contributed by atoms with Gasteiger partial charge in [-0.2, -0.15) is 0 Å². The van der Waals surface area contributed by atoms with Crippen LogP contribution in [0.4, 0.5) is 0 Å². The van der Waals surface area contributed by atoms with Crippen molar-refractivity contribution in [2.24, 2.45) is 11.8 Å². The fraction of sp³-hybridized carbons (Fsp3) is 1.00. The number of nitrogens with one attached hydrogen (secondary N) is 1. The number of ether oxygens (including phenoxy) is 1. The highest BCUT2D eigenvalue weighted by Gasteiger charge is 2.40. The summed E-state index contributed by atoms with van der Waals surface area (Å²) in [5.41, 5.74) is 0. The normalized spacial score (nSPS) is 32.4. The molecule has 3 aliphatic rings. The van der Waals surface area contributed by atoms with Crippen molar-refractivity contribution in [3.05, 3.63) is 0 Å². The summed E-state index contributed by atoms with van der Waals surface area (Å²) in [6.45, 7) is 7.66. The van der Waals surface area contributed by atoms with Gasteiger partial charge in [-0.3, -0.25) is 4.90 Å². The molecule has 3 heteroatoms. The second-order valence-corrected chi connectivity index (χ2v) is 7.36.